The van der Waals surface area contributed by atoms with Crippen LogP contribution in [0, 0.1) is 0 Å². The maximum absolute atomic E-state index is 13.6. The minimum Gasteiger partial charge on any atom is -0.378 e. The first-order chi connectivity index (χ1) is 13.4. The van der Waals surface area contributed by atoms with Gasteiger partial charge in [-0.2, -0.15) is 18.3 Å². The van der Waals surface area contributed by atoms with E-state index in [1.54, 1.807) is 11.0 Å². The summed E-state index contributed by atoms with van der Waals surface area (Å²) in [6, 6.07) is -0.421. The van der Waals surface area contributed by atoms with Crippen LogP contribution in [0.25, 0.3) is 0 Å². The van der Waals surface area contributed by atoms with Gasteiger partial charge in [-0.3, -0.25) is 4.79 Å². The lowest BCUT2D eigenvalue weighted by Gasteiger charge is -2.32. The molecule has 1 N–H and O–H groups in total. The summed E-state index contributed by atoms with van der Waals surface area (Å²) in [6.07, 6.45) is -0.0472. The van der Waals surface area contributed by atoms with Crippen LogP contribution in [0.4, 0.5) is 19.0 Å². The molecule has 0 saturated carbocycles. The van der Waals surface area contributed by atoms with Gasteiger partial charge in [-0.25, -0.2) is 4.68 Å². The normalized spacial score (nSPS) is 30.4. The molecule has 0 aromatic carbocycles. The Morgan fingerprint density at radius 3 is 2.86 bits per heavy atom. The number of ether oxygens (including phenoxy) is 1. The van der Waals surface area contributed by atoms with Gasteiger partial charge in [0.1, 0.15) is 5.82 Å². The van der Waals surface area contributed by atoms with E-state index < -0.39 is 12.2 Å². The van der Waals surface area contributed by atoms with E-state index in [1.807, 2.05) is 6.92 Å². The second-order valence-electron chi connectivity index (χ2n) is 8.03. The Balaban J connectivity index is 1.55. The summed E-state index contributed by atoms with van der Waals surface area (Å²) in [7, 11) is 0. The number of carbonyl (C=O) groups is 1. The first-order valence-corrected chi connectivity index (χ1v) is 10.2. The number of anilines is 1. The van der Waals surface area contributed by atoms with Crippen molar-refractivity contribution in [3.05, 3.63) is 11.8 Å². The summed E-state index contributed by atoms with van der Waals surface area (Å²) in [5.41, 5.74) is 0.548. The quantitative estimate of drug-likeness (QED) is 0.835. The highest BCUT2D eigenvalue weighted by Gasteiger charge is 2.46. The molecular weight excluding hydrogens is 373 g/mol. The molecule has 0 bridgehead atoms. The van der Waals surface area contributed by atoms with Gasteiger partial charge in [0.15, 0.2) is 6.04 Å². The van der Waals surface area contributed by atoms with Crippen molar-refractivity contribution in [2.24, 2.45) is 0 Å². The Morgan fingerprint density at radius 1 is 1.36 bits per heavy atom. The average Bonchev–Trinajstić information content (AvgIpc) is 3.38. The van der Waals surface area contributed by atoms with E-state index >= 15 is 0 Å². The smallest absolute Gasteiger partial charge is 0.378 e. The van der Waals surface area contributed by atoms with Crippen LogP contribution in [-0.4, -0.2) is 52.1 Å². The summed E-state index contributed by atoms with van der Waals surface area (Å²) in [5, 5.41) is 7.50. The zero-order valence-electron chi connectivity index (χ0n) is 16.0. The maximum atomic E-state index is 13.6. The molecule has 4 atom stereocenters. The van der Waals surface area contributed by atoms with E-state index in [9.17, 15) is 18.0 Å². The lowest BCUT2D eigenvalue weighted by Crippen LogP contribution is -2.39. The van der Waals surface area contributed by atoms with Gasteiger partial charge in [0.05, 0.1) is 24.3 Å². The maximum Gasteiger partial charge on any atom is 0.410 e. The van der Waals surface area contributed by atoms with Gasteiger partial charge in [0, 0.05) is 25.3 Å². The first kappa shape index (κ1) is 19.5. The van der Waals surface area contributed by atoms with Gasteiger partial charge in [0.25, 0.3) is 0 Å². The largest absolute Gasteiger partial charge is 0.410 e. The number of hydrogen-bond acceptors (Lipinski definition) is 4. The Kier molecular flexibility index (Phi) is 5.28. The summed E-state index contributed by atoms with van der Waals surface area (Å²) in [6.45, 7) is 3.19. The molecular formula is C19H27F3N4O2. The Hall–Kier alpha value is -1.77. The van der Waals surface area contributed by atoms with Crippen molar-refractivity contribution in [2.75, 3.05) is 18.5 Å². The van der Waals surface area contributed by atoms with E-state index in [1.165, 1.54) is 0 Å². The molecule has 2 fully saturated rings. The number of aromatic nitrogens is 2. The molecule has 1 amide bonds. The fourth-order valence-corrected chi connectivity index (χ4v) is 4.59. The Bertz CT molecular complexity index is 715. The minimum absolute atomic E-state index is 0.00661. The fraction of sp³-hybridized carbons (Fsp3) is 0.789. The van der Waals surface area contributed by atoms with E-state index in [-0.39, 0.29) is 30.5 Å². The predicted octanol–water partition coefficient (Wildman–Crippen LogP) is 3.81. The van der Waals surface area contributed by atoms with Crippen LogP contribution in [0.5, 0.6) is 0 Å². The molecule has 4 heterocycles. The lowest BCUT2D eigenvalue weighted by atomic mass is 10.0. The monoisotopic (exact) mass is 400 g/mol. The SMILES string of the molecule is CC[C@@H]1C[C@H](C(F)(F)F)n2nc([C@H]3CCCN3C(=O)C[C@@H]3CCCO3)cc2N1. The van der Waals surface area contributed by atoms with Crippen molar-refractivity contribution in [3.8, 4) is 0 Å². The third-order valence-electron chi connectivity index (χ3n) is 6.12. The summed E-state index contributed by atoms with van der Waals surface area (Å²) in [5.74, 6) is 0.404. The number of amides is 1. The molecule has 0 spiro atoms. The molecule has 3 aliphatic heterocycles. The molecule has 0 radical (unpaired) electrons. The van der Waals surface area contributed by atoms with Gasteiger partial charge < -0.3 is 15.0 Å². The summed E-state index contributed by atoms with van der Waals surface area (Å²) < 4.78 is 47.4. The molecule has 2 saturated heterocycles. The van der Waals surface area contributed by atoms with E-state index in [2.05, 4.69) is 10.4 Å². The Morgan fingerprint density at radius 2 is 2.18 bits per heavy atom. The number of nitrogens with zero attached hydrogens (tertiary/aromatic N) is 3. The molecule has 0 unspecified atom stereocenters. The third-order valence-corrected chi connectivity index (χ3v) is 6.12. The van der Waals surface area contributed by atoms with Crippen LogP contribution in [0.1, 0.15) is 69.6 Å². The highest BCUT2D eigenvalue weighted by molar-refractivity contribution is 5.77. The fourth-order valence-electron chi connectivity index (χ4n) is 4.59. The van der Waals surface area contributed by atoms with E-state index in [4.69, 9.17) is 4.74 Å². The molecule has 28 heavy (non-hydrogen) atoms. The zero-order chi connectivity index (χ0) is 19.9. The lowest BCUT2D eigenvalue weighted by molar-refractivity contribution is -0.173. The van der Waals surface area contributed by atoms with E-state index in [0.29, 0.717) is 37.5 Å². The number of alkyl halides is 3. The highest BCUT2D eigenvalue weighted by atomic mass is 19.4. The summed E-state index contributed by atoms with van der Waals surface area (Å²) >= 11 is 0. The second-order valence-corrected chi connectivity index (χ2v) is 8.03. The van der Waals surface area contributed by atoms with Gasteiger partial charge in [0.2, 0.25) is 5.91 Å². The van der Waals surface area contributed by atoms with Crippen LogP contribution in [0.15, 0.2) is 6.07 Å². The van der Waals surface area contributed by atoms with Crippen molar-refractivity contribution >= 4 is 11.7 Å². The summed E-state index contributed by atoms with van der Waals surface area (Å²) in [4.78, 5) is 14.5. The van der Waals surface area contributed by atoms with Crippen molar-refractivity contribution in [1.82, 2.24) is 14.7 Å². The van der Waals surface area contributed by atoms with Gasteiger partial charge >= 0.3 is 6.18 Å². The molecule has 156 valence electrons. The van der Waals surface area contributed by atoms with Crippen molar-refractivity contribution in [3.63, 3.8) is 0 Å². The minimum atomic E-state index is -4.35. The van der Waals surface area contributed by atoms with E-state index in [0.717, 1.165) is 30.4 Å². The third kappa shape index (κ3) is 3.73. The molecule has 6 nitrogen and oxygen atoms in total. The zero-order valence-corrected chi connectivity index (χ0v) is 16.0. The van der Waals surface area contributed by atoms with Crippen LogP contribution in [-0.2, 0) is 9.53 Å². The first-order valence-electron chi connectivity index (χ1n) is 10.2. The molecule has 1 aromatic rings. The molecule has 9 heteroatoms. The molecule has 4 rings (SSSR count). The predicted molar refractivity (Wildman–Crippen MR) is 96.9 cm³/mol. The van der Waals surface area contributed by atoms with Gasteiger partial charge in [-0.15, -0.1) is 0 Å². The number of hydrogen-bond donors (Lipinski definition) is 1. The van der Waals surface area contributed by atoms with Gasteiger partial charge in [-0.05, 0) is 38.5 Å². The van der Waals surface area contributed by atoms with Crippen molar-refractivity contribution < 1.29 is 22.7 Å². The molecule has 0 aliphatic carbocycles. The van der Waals surface area contributed by atoms with Gasteiger partial charge in [-0.1, -0.05) is 6.92 Å². The molecule has 1 aromatic heterocycles. The average molecular weight is 400 g/mol. The number of nitrogens with one attached hydrogen (secondary N) is 1. The standard InChI is InChI=1S/C19H27F3N4O2/c1-2-12-9-16(19(20,21)22)26-17(23-12)11-14(24-26)15-6-3-7-25(15)18(27)10-13-5-4-8-28-13/h11-13,15-16,23H,2-10H2,1H3/t12-,13+,15-,16-/m1/s1. The van der Waals surface area contributed by atoms with Crippen LogP contribution in [0.3, 0.4) is 0 Å². The van der Waals surface area contributed by atoms with Crippen LogP contribution >= 0.6 is 0 Å². The molecule has 3 aliphatic rings. The van der Waals surface area contributed by atoms with Crippen LogP contribution < -0.4 is 5.32 Å². The second kappa shape index (κ2) is 7.57. The number of rotatable bonds is 4. The number of fused-ring (bicyclic) bond motifs is 1. The van der Waals surface area contributed by atoms with Crippen molar-refractivity contribution in [1.29, 1.82) is 0 Å². The topological polar surface area (TPSA) is 59.4 Å². The Labute approximate surface area is 162 Å². The number of halogens is 3. The highest BCUT2D eigenvalue weighted by Crippen LogP contribution is 2.42. The number of carbonyl (C=O) groups excluding carboxylic acids is 1. The van der Waals surface area contributed by atoms with Crippen LogP contribution in [0.2, 0.25) is 0 Å². The van der Waals surface area contributed by atoms with Crippen molar-refractivity contribution in [2.45, 2.75) is 82.3 Å². The number of likely N-dealkylation sites (tertiary alicyclic amines) is 1.